The number of nitrogens with zero attached hydrogens (tertiary/aromatic N) is 2. The molecule has 2 rings (SSSR count). The number of nitrogens with one attached hydrogen (secondary N) is 1. The maximum Gasteiger partial charge on any atom is 0.246 e. The van der Waals surface area contributed by atoms with E-state index in [0.29, 0.717) is 18.2 Å². The minimum absolute atomic E-state index is 0.0724. The Labute approximate surface area is 174 Å². The van der Waals surface area contributed by atoms with Crippen LogP contribution in [0.3, 0.4) is 0 Å². The molecule has 0 saturated carbocycles. The summed E-state index contributed by atoms with van der Waals surface area (Å²) in [5.41, 5.74) is 0.614. The first-order valence-corrected chi connectivity index (χ1v) is 11.5. The molecule has 1 amide bonds. The fourth-order valence-electron chi connectivity index (χ4n) is 3.41. The number of sulfonamides is 1. The Balaban J connectivity index is 1.91. The molecule has 1 aliphatic rings. The van der Waals surface area contributed by atoms with Crippen molar-refractivity contribution in [3.63, 3.8) is 0 Å². The third-order valence-corrected chi connectivity index (χ3v) is 7.07. The van der Waals surface area contributed by atoms with E-state index in [0.717, 1.165) is 23.8 Å². The van der Waals surface area contributed by atoms with E-state index in [1.807, 2.05) is 0 Å². The predicted octanol–water partition coefficient (Wildman–Crippen LogP) is 2.34. The molecule has 1 aromatic rings. The summed E-state index contributed by atoms with van der Waals surface area (Å²) in [6.45, 7) is 5.02. The first-order valence-electron chi connectivity index (χ1n) is 10.1. The highest BCUT2D eigenvalue weighted by atomic mass is 32.2. The number of piperidine rings is 1. The van der Waals surface area contributed by atoms with E-state index in [2.05, 4.69) is 17.1 Å². The minimum atomic E-state index is -3.64. The molecule has 7 nitrogen and oxygen atoms in total. The maximum absolute atomic E-state index is 12.5. The van der Waals surface area contributed by atoms with Crippen LogP contribution in [0, 0.1) is 0 Å². The number of carbonyl (C=O) groups is 1. The van der Waals surface area contributed by atoms with Crippen LogP contribution in [0.5, 0.6) is 5.75 Å². The molecule has 29 heavy (non-hydrogen) atoms. The molecule has 1 heterocycles. The van der Waals surface area contributed by atoms with E-state index in [1.165, 1.54) is 52.6 Å². The van der Waals surface area contributed by atoms with Gasteiger partial charge in [-0.2, -0.15) is 0 Å². The average Bonchev–Trinajstić information content (AvgIpc) is 2.70. The lowest BCUT2D eigenvalue weighted by atomic mass is 10.0. The van der Waals surface area contributed by atoms with Crippen LogP contribution in [0.4, 0.5) is 0 Å². The fraction of sp³-hybridized carbons (Fsp3) is 0.571. The van der Waals surface area contributed by atoms with E-state index in [9.17, 15) is 13.2 Å². The van der Waals surface area contributed by atoms with E-state index in [-0.39, 0.29) is 16.6 Å². The number of likely N-dealkylation sites (tertiary alicyclic amines) is 1. The summed E-state index contributed by atoms with van der Waals surface area (Å²) in [4.78, 5) is 14.6. The van der Waals surface area contributed by atoms with Crippen LogP contribution in [-0.4, -0.2) is 70.4 Å². The molecule has 1 N–H and O–H groups in total. The average molecular weight is 424 g/mol. The third-order valence-electron chi connectivity index (χ3n) is 5.24. The van der Waals surface area contributed by atoms with Crippen molar-refractivity contribution in [3.8, 4) is 5.75 Å². The number of hydrogen-bond acceptors (Lipinski definition) is 5. The second-order valence-electron chi connectivity index (χ2n) is 7.56. The van der Waals surface area contributed by atoms with Crippen LogP contribution in [0.15, 0.2) is 29.2 Å². The third kappa shape index (κ3) is 6.55. The minimum Gasteiger partial charge on any atom is -0.495 e. The zero-order valence-electron chi connectivity index (χ0n) is 17.8. The molecular formula is C21H33N3O4S. The summed E-state index contributed by atoms with van der Waals surface area (Å²) >= 11 is 0. The molecule has 1 saturated heterocycles. The van der Waals surface area contributed by atoms with E-state index < -0.39 is 10.0 Å². The van der Waals surface area contributed by atoms with Gasteiger partial charge >= 0.3 is 0 Å². The second kappa shape index (κ2) is 10.8. The fourth-order valence-corrected chi connectivity index (χ4v) is 4.49. The van der Waals surface area contributed by atoms with Gasteiger partial charge in [0.15, 0.2) is 0 Å². The second-order valence-corrected chi connectivity index (χ2v) is 9.68. The van der Waals surface area contributed by atoms with Crippen molar-refractivity contribution in [2.24, 2.45) is 0 Å². The van der Waals surface area contributed by atoms with Crippen LogP contribution >= 0.6 is 0 Å². The van der Waals surface area contributed by atoms with Gasteiger partial charge in [-0.25, -0.2) is 12.7 Å². The van der Waals surface area contributed by atoms with Crippen LogP contribution < -0.4 is 10.1 Å². The van der Waals surface area contributed by atoms with Crippen molar-refractivity contribution >= 4 is 22.0 Å². The van der Waals surface area contributed by atoms with Gasteiger partial charge in [0.2, 0.25) is 15.9 Å². The van der Waals surface area contributed by atoms with Crippen LogP contribution in [0.25, 0.3) is 6.08 Å². The standard InChI is InChI=1S/C21H33N3O4S/c1-17-8-5-6-14-24(17)15-7-13-22-21(25)12-10-18-9-11-19(28-4)20(16-18)29(26,27)23(2)3/h9-12,16-17H,5-8,13-15H2,1-4H3,(H,22,25)/b12-10+/t17-/m1/s1. The number of amides is 1. The topological polar surface area (TPSA) is 79.0 Å². The van der Waals surface area contributed by atoms with Crippen molar-refractivity contribution in [2.45, 2.75) is 43.5 Å². The quantitative estimate of drug-likeness (QED) is 0.487. The summed E-state index contributed by atoms with van der Waals surface area (Å²) in [6.07, 6.45) is 7.77. The molecule has 1 atom stereocenters. The van der Waals surface area contributed by atoms with E-state index >= 15 is 0 Å². The molecule has 0 spiro atoms. The number of ether oxygens (including phenoxy) is 1. The van der Waals surface area contributed by atoms with Crippen LogP contribution in [0.2, 0.25) is 0 Å². The number of methoxy groups -OCH3 is 1. The first kappa shape index (κ1) is 23.4. The number of rotatable bonds is 9. The van der Waals surface area contributed by atoms with Gasteiger partial charge in [0.05, 0.1) is 7.11 Å². The first-order chi connectivity index (χ1) is 13.8. The lowest BCUT2D eigenvalue weighted by Gasteiger charge is -2.33. The van der Waals surface area contributed by atoms with Crippen molar-refractivity contribution in [2.75, 3.05) is 40.8 Å². The highest BCUT2D eigenvalue weighted by Crippen LogP contribution is 2.27. The van der Waals surface area contributed by atoms with Crippen LogP contribution in [0.1, 0.15) is 38.2 Å². The zero-order chi connectivity index (χ0) is 21.4. The molecule has 1 aliphatic heterocycles. The Morgan fingerprint density at radius 1 is 1.34 bits per heavy atom. The lowest BCUT2D eigenvalue weighted by Crippen LogP contribution is -2.39. The highest BCUT2D eigenvalue weighted by Gasteiger charge is 2.22. The molecule has 0 unspecified atom stereocenters. The van der Waals surface area contributed by atoms with E-state index in [1.54, 1.807) is 18.2 Å². The van der Waals surface area contributed by atoms with Crippen LogP contribution in [-0.2, 0) is 14.8 Å². The van der Waals surface area contributed by atoms with Crippen molar-refractivity contribution in [1.82, 2.24) is 14.5 Å². The van der Waals surface area contributed by atoms with Gasteiger partial charge in [-0.1, -0.05) is 12.5 Å². The molecule has 0 aliphatic carbocycles. The number of carbonyl (C=O) groups excluding carboxylic acids is 1. The summed E-state index contributed by atoms with van der Waals surface area (Å²) < 4.78 is 31.2. The van der Waals surface area contributed by atoms with Gasteiger partial charge in [-0.3, -0.25) is 4.79 Å². The molecule has 1 fully saturated rings. The molecule has 0 bridgehead atoms. The van der Waals surface area contributed by atoms with Gasteiger partial charge in [-0.15, -0.1) is 0 Å². The highest BCUT2D eigenvalue weighted by molar-refractivity contribution is 7.89. The van der Waals surface area contributed by atoms with Gasteiger partial charge in [0.25, 0.3) is 0 Å². The van der Waals surface area contributed by atoms with Crippen molar-refractivity contribution in [1.29, 1.82) is 0 Å². The lowest BCUT2D eigenvalue weighted by molar-refractivity contribution is -0.116. The van der Waals surface area contributed by atoms with Crippen molar-refractivity contribution in [3.05, 3.63) is 29.8 Å². The number of hydrogen-bond donors (Lipinski definition) is 1. The Bertz CT molecular complexity index is 821. The summed E-state index contributed by atoms with van der Waals surface area (Å²) in [6, 6.07) is 5.44. The normalized spacial score (nSPS) is 18.3. The smallest absolute Gasteiger partial charge is 0.246 e. The zero-order valence-corrected chi connectivity index (χ0v) is 18.7. The summed E-state index contributed by atoms with van der Waals surface area (Å²) in [5.74, 6) is 0.0803. The Morgan fingerprint density at radius 3 is 2.76 bits per heavy atom. The molecular weight excluding hydrogens is 390 g/mol. The molecule has 1 aromatic carbocycles. The molecule has 162 valence electrons. The predicted molar refractivity (Wildman–Crippen MR) is 115 cm³/mol. The molecule has 0 aromatic heterocycles. The summed E-state index contributed by atoms with van der Waals surface area (Å²) in [7, 11) is 0.719. The van der Waals surface area contributed by atoms with Gasteiger partial charge in [0.1, 0.15) is 10.6 Å². The Kier molecular flexibility index (Phi) is 8.67. The Morgan fingerprint density at radius 2 is 2.10 bits per heavy atom. The molecule has 0 radical (unpaired) electrons. The van der Waals surface area contributed by atoms with Crippen molar-refractivity contribution < 1.29 is 17.9 Å². The largest absolute Gasteiger partial charge is 0.495 e. The van der Waals surface area contributed by atoms with E-state index in [4.69, 9.17) is 4.74 Å². The maximum atomic E-state index is 12.5. The van der Waals surface area contributed by atoms with Gasteiger partial charge in [-0.05, 0) is 56.5 Å². The monoisotopic (exact) mass is 423 g/mol. The Hall–Kier alpha value is -1.90. The number of benzene rings is 1. The van der Waals surface area contributed by atoms with Gasteiger partial charge in [0, 0.05) is 39.3 Å². The summed E-state index contributed by atoms with van der Waals surface area (Å²) in [5, 5.41) is 2.89. The molecule has 8 heteroatoms. The SMILES string of the molecule is COc1ccc(/C=C/C(=O)NCCCN2CCCC[C@H]2C)cc1S(=O)(=O)N(C)C. The van der Waals surface area contributed by atoms with Gasteiger partial charge < -0.3 is 15.0 Å².